The zero-order valence-electron chi connectivity index (χ0n) is 21.3. The van der Waals surface area contributed by atoms with Gasteiger partial charge < -0.3 is 14.6 Å². The molecule has 4 aromatic rings. The summed E-state index contributed by atoms with van der Waals surface area (Å²) in [6, 6.07) is 30.0. The van der Waals surface area contributed by atoms with Gasteiger partial charge in [-0.05, 0) is 32.7 Å². The first-order valence-electron chi connectivity index (χ1n) is 12.3. The number of nitriles is 2. The largest absolute Gasteiger partial charge is 0.511 e. The Kier molecular flexibility index (Phi) is 6.52. The molecule has 39 heavy (non-hydrogen) atoms. The summed E-state index contributed by atoms with van der Waals surface area (Å²) in [5, 5.41) is 36.6. The topological polar surface area (TPSA) is 120 Å². The monoisotopic (exact) mass is 516 g/mol. The fraction of sp³-hybridized carbons (Fsp3) is 0.188. The number of carbonyl (C=O) groups excluding carboxylic acids is 2. The molecule has 7 nitrogen and oxygen atoms in total. The Labute approximate surface area is 225 Å². The number of fused-ring (bicyclic) bond motifs is 2. The van der Waals surface area contributed by atoms with E-state index in [1.165, 1.54) is 0 Å². The van der Waals surface area contributed by atoms with Gasteiger partial charge in [0, 0.05) is 5.92 Å². The van der Waals surface area contributed by atoms with Crippen molar-refractivity contribution >= 4 is 33.5 Å². The fourth-order valence-corrected chi connectivity index (χ4v) is 5.99. The van der Waals surface area contributed by atoms with Crippen LogP contribution < -0.4 is 0 Å². The molecule has 0 saturated carbocycles. The number of hydrogen-bond acceptors (Lipinski definition) is 7. The molecule has 0 aromatic heterocycles. The number of carbonyl (C=O) groups is 2. The molecule has 0 saturated heterocycles. The number of hydrogen-bond donors (Lipinski definition) is 1. The van der Waals surface area contributed by atoms with E-state index in [0.29, 0.717) is 21.9 Å². The molecule has 0 heterocycles. The van der Waals surface area contributed by atoms with E-state index in [1.807, 2.05) is 60.7 Å². The maximum absolute atomic E-state index is 13.3. The maximum Gasteiger partial charge on any atom is 0.337 e. The second kappa shape index (κ2) is 9.96. The zero-order chi connectivity index (χ0) is 27.7. The molecule has 0 spiro atoms. The lowest BCUT2D eigenvalue weighted by Crippen LogP contribution is -2.47. The van der Waals surface area contributed by atoms with Crippen molar-refractivity contribution in [3.05, 3.63) is 107 Å². The Hall–Kier alpha value is -5.14. The predicted molar refractivity (Wildman–Crippen MR) is 144 cm³/mol. The summed E-state index contributed by atoms with van der Waals surface area (Å²) in [6.07, 6.45) is 0. The normalized spacial score (nSPS) is 20.2. The lowest BCUT2D eigenvalue weighted by atomic mass is 9.53. The summed E-state index contributed by atoms with van der Waals surface area (Å²) in [5.74, 6) is -6.35. The van der Waals surface area contributed by atoms with Crippen molar-refractivity contribution in [2.75, 3.05) is 14.2 Å². The number of aliphatic hydroxyl groups is 1. The minimum atomic E-state index is -2.02. The smallest absolute Gasteiger partial charge is 0.337 e. The summed E-state index contributed by atoms with van der Waals surface area (Å²) in [7, 11) is 2.30. The van der Waals surface area contributed by atoms with Gasteiger partial charge in [0.25, 0.3) is 0 Å². The average Bonchev–Trinajstić information content (AvgIpc) is 2.99. The van der Waals surface area contributed by atoms with Crippen molar-refractivity contribution in [1.82, 2.24) is 0 Å². The van der Waals surface area contributed by atoms with Crippen molar-refractivity contribution in [3.63, 3.8) is 0 Å². The third-order valence-electron chi connectivity index (χ3n) is 7.66. The number of benzene rings is 4. The van der Waals surface area contributed by atoms with Gasteiger partial charge in [0.2, 0.25) is 0 Å². The first kappa shape index (κ1) is 25.5. The SMILES string of the molecule is COC(=O)C1=C(O)[C@H](C(=O)OC)[C@H](c2cccc3ccccc23)C(C#N)(C#N)[C@H]1c1cccc2ccccc12. The molecule has 0 fully saturated rings. The van der Waals surface area contributed by atoms with Crippen LogP contribution in [0.15, 0.2) is 96.3 Å². The number of nitrogens with zero attached hydrogens (tertiary/aromatic N) is 2. The van der Waals surface area contributed by atoms with Crippen molar-refractivity contribution in [3.8, 4) is 12.1 Å². The van der Waals surface area contributed by atoms with Gasteiger partial charge in [-0.2, -0.15) is 10.5 Å². The van der Waals surface area contributed by atoms with E-state index in [4.69, 9.17) is 9.47 Å². The van der Waals surface area contributed by atoms with Gasteiger partial charge >= 0.3 is 11.9 Å². The minimum absolute atomic E-state index is 0.316. The van der Waals surface area contributed by atoms with Crippen molar-refractivity contribution in [2.24, 2.45) is 11.3 Å². The minimum Gasteiger partial charge on any atom is -0.511 e. The third kappa shape index (κ3) is 3.79. The number of esters is 2. The van der Waals surface area contributed by atoms with Crippen LogP contribution in [0.25, 0.3) is 21.5 Å². The van der Waals surface area contributed by atoms with Gasteiger partial charge in [-0.25, -0.2) is 4.79 Å². The molecule has 0 aliphatic heterocycles. The number of methoxy groups -OCH3 is 2. The molecule has 0 unspecified atom stereocenters. The lowest BCUT2D eigenvalue weighted by Gasteiger charge is -2.44. The van der Waals surface area contributed by atoms with E-state index >= 15 is 0 Å². The van der Waals surface area contributed by atoms with E-state index in [1.54, 1.807) is 24.3 Å². The summed E-state index contributed by atoms with van der Waals surface area (Å²) in [6.45, 7) is 0. The van der Waals surface area contributed by atoms with Crippen molar-refractivity contribution in [2.45, 2.75) is 11.8 Å². The molecule has 4 aromatic carbocycles. The van der Waals surface area contributed by atoms with E-state index in [-0.39, 0.29) is 5.57 Å². The Morgan fingerprint density at radius 3 is 1.82 bits per heavy atom. The van der Waals surface area contributed by atoms with E-state index in [0.717, 1.165) is 25.0 Å². The van der Waals surface area contributed by atoms with Crippen LogP contribution in [0.5, 0.6) is 0 Å². The van der Waals surface area contributed by atoms with Crippen LogP contribution in [0.3, 0.4) is 0 Å². The molecular weight excluding hydrogens is 492 g/mol. The lowest BCUT2D eigenvalue weighted by molar-refractivity contribution is -0.147. The van der Waals surface area contributed by atoms with Crippen molar-refractivity contribution in [1.29, 1.82) is 10.5 Å². The van der Waals surface area contributed by atoms with Crippen LogP contribution in [-0.4, -0.2) is 31.3 Å². The van der Waals surface area contributed by atoms with E-state index in [9.17, 15) is 25.2 Å². The highest BCUT2D eigenvalue weighted by Gasteiger charge is 2.62. The second-order valence-corrected chi connectivity index (χ2v) is 9.43. The first-order valence-corrected chi connectivity index (χ1v) is 12.3. The predicted octanol–water partition coefficient (Wildman–Crippen LogP) is 5.68. The Balaban J connectivity index is 1.97. The Morgan fingerprint density at radius 1 is 0.769 bits per heavy atom. The molecule has 1 aliphatic carbocycles. The summed E-state index contributed by atoms with van der Waals surface area (Å²) in [4.78, 5) is 26.7. The van der Waals surface area contributed by atoms with Gasteiger partial charge in [0.05, 0.1) is 37.8 Å². The van der Waals surface area contributed by atoms with Gasteiger partial charge in [0.15, 0.2) is 5.41 Å². The highest BCUT2D eigenvalue weighted by atomic mass is 16.5. The van der Waals surface area contributed by atoms with Crippen molar-refractivity contribution < 1.29 is 24.2 Å². The summed E-state index contributed by atoms with van der Waals surface area (Å²) >= 11 is 0. The highest BCUT2D eigenvalue weighted by Crippen LogP contribution is 2.60. The molecule has 1 N–H and O–H groups in total. The standard InChI is InChI=1S/C32H24N2O5/c1-38-30(36)25-27(23-15-7-11-19-9-3-5-13-21(19)23)32(17-33,18-34)28(26(29(25)35)31(37)39-2)24-16-8-12-20-10-4-6-14-22(20)24/h3-16,25,27-28,35H,1-2H3/t25-,27+,28+/m1/s1. The van der Waals surface area contributed by atoms with Crippen LogP contribution in [0.4, 0.5) is 0 Å². The van der Waals surface area contributed by atoms with Gasteiger partial charge in [-0.15, -0.1) is 0 Å². The van der Waals surface area contributed by atoms with Gasteiger partial charge in [-0.1, -0.05) is 84.9 Å². The van der Waals surface area contributed by atoms with Crippen LogP contribution in [0, 0.1) is 34.0 Å². The number of ether oxygens (including phenoxy) is 2. The molecule has 3 atom stereocenters. The molecule has 1 aliphatic rings. The zero-order valence-corrected chi connectivity index (χ0v) is 21.3. The molecule has 0 bridgehead atoms. The summed E-state index contributed by atoms with van der Waals surface area (Å²) in [5.41, 5.74) is -1.35. The number of rotatable bonds is 4. The molecule has 5 rings (SSSR count). The Bertz CT molecular complexity index is 1720. The second-order valence-electron chi connectivity index (χ2n) is 9.43. The molecule has 7 heteroatoms. The molecule has 192 valence electrons. The van der Waals surface area contributed by atoms with E-state index in [2.05, 4.69) is 12.1 Å². The molecular formula is C32H24N2O5. The Morgan fingerprint density at radius 2 is 1.28 bits per heavy atom. The van der Waals surface area contributed by atoms with Gasteiger partial charge in [0.1, 0.15) is 11.7 Å². The third-order valence-corrected chi connectivity index (χ3v) is 7.66. The highest BCUT2D eigenvalue weighted by molar-refractivity contribution is 5.97. The van der Waals surface area contributed by atoms with Gasteiger partial charge in [-0.3, -0.25) is 4.79 Å². The fourth-order valence-electron chi connectivity index (χ4n) is 5.99. The number of aliphatic hydroxyl groups excluding tert-OH is 1. The molecule has 0 amide bonds. The van der Waals surface area contributed by atoms with E-state index < -0.39 is 40.9 Å². The van der Waals surface area contributed by atoms with Crippen LogP contribution in [-0.2, 0) is 19.1 Å². The van der Waals surface area contributed by atoms with Crippen LogP contribution >= 0.6 is 0 Å². The first-order chi connectivity index (χ1) is 18.9. The average molecular weight is 517 g/mol. The maximum atomic E-state index is 13.3. The quantitative estimate of drug-likeness (QED) is 0.346. The van der Waals surface area contributed by atoms with Crippen LogP contribution in [0.2, 0.25) is 0 Å². The molecule has 0 radical (unpaired) electrons. The van der Waals surface area contributed by atoms with Crippen LogP contribution in [0.1, 0.15) is 23.0 Å². The summed E-state index contributed by atoms with van der Waals surface area (Å²) < 4.78 is 10.1.